The number of carbonyl (C=O) groups excluding carboxylic acids is 1. The van der Waals surface area contributed by atoms with E-state index in [0.29, 0.717) is 5.69 Å². The van der Waals surface area contributed by atoms with Crippen LogP contribution in [0.25, 0.3) is 10.9 Å². The maximum absolute atomic E-state index is 13.8. The van der Waals surface area contributed by atoms with Gasteiger partial charge in [0.15, 0.2) is 0 Å². The second kappa shape index (κ2) is 8.83. The molecule has 0 aliphatic carbocycles. The lowest BCUT2D eigenvalue weighted by Gasteiger charge is -2.16. The normalized spacial score (nSPS) is 11.3. The molecule has 1 heterocycles. The summed E-state index contributed by atoms with van der Waals surface area (Å²) in [4.78, 5) is 30.9. The standard InChI is InChI=1S/C23H19FN4O4S/c1-15(29)25-18-8-10-19(11-9-18)33(31,32)27-28-22(13-16-5-3-2-4-6-16)26-21-12-7-17(24)14-20(21)23(28)30/h2-12,14,27H,13H2,1H3,(H,25,29). The Balaban J connectivity index is 1.79. The molecule has 0 atom stereocenters. The summed E-state index contributed by atoms with van der Waals surface area (Å²) in [5.74, 6) is -0.792. The van der Waals surface area contributed by atoms with Crippen LogP contribution in [-0.2, 0) is 21.2 Å². The third-order valence-electron chi connectivity index (χ3n) is 4.80. The first-order valence-corrected chi connectivity index (χ1v) is 11.4. The monoisotopic (exact) mass is 466 g/mol. The number of sulfonamides is 1. The van der Waals surface area contributed by atoms with Gasteiger partial charge >= 0.3 is 0 Å². The number of halogens is 1. The van der Waals surface area contributed by atoms with Crippen LogP contribution in [0.3, 0.4) is 0 Å². The minimum absolute atomic E-state index is 0.0597. The van der Waals surface area contributed by atoms with Gasteiger partial charge in [0, 0.05) is 19.0 Å². The van der Waals surface area contributed by atoms with E-state index in [1.54, 1.807) is 0 Å². The summed E-state index contributed by atoms with van der Waals surface area (Å²) in [5, 5.41) is 2.49. The van der Waals surface area contributed by atoms with Crippen molar-refractivity contribution in [1.29, 1.82) is 0 Å². The Bertz CT molecular complexity index is 1500. The van der Waals surface area contributed by atoms with Crippen LogP contribution in [0.4, 0.5) is 10.1 Å². The molecule has 0 saturated heterocycles. The quantitative estimate of drug-likeness (QED) is 0.454. The van der Waals surface area contributed by atoms with Gasteiger partial charge in [-0.3, -0.25) is 9.59 Å². The van der Waals surface area contributed by atoms with Crippen LogP contribution < -0.4 is 15.7 Å². The van der Waals surface area contributed by atoms with E-state index >= 15 is 0 Å². The Kier molecular flexibility index (Phi) is 5.93. The molecule has 0 spiro atoms. The largest absolute Gasteiger partial charge is 0.326 e. The van der Waals surface area contributed by atoms with Gasteiger partial charge in [0.1, 0.15) is 11.6 Å². The molecule has 0 fully saturated rings. The Hall–Kier alpha value is -4.05. The molecule has 33 heavy (non-hydrogen) atoms. The zero-order valence-corrected chi connectivity index (χ0v) is 18.3. The minimum atomic E-state index is -4.21. The Morgan fingerprint density at radius 3 is 2.39 bits per heavy atom. The van der Waals surface area contributed by atoms with E-state index < -0.39 is 21.4 Å². The van der Waals surface area contributed by atoms with Crippen molar-refractivity contribution in [3.8, 4) is 0 Å². The lowest BCUT2D eigenvalue weighted by Crippen LogP contribution is -2.36. The number of benzene rings is 3. The molecule has 2 N–H and O–H groups in total. The summed E-state index contributed by atoms with van der Waals surface area (Å²) in [5.41, 5.74) is 0.732. The summed E-state index contributed by atoms with van der Waals surface area (Å²) >= 11 is 0. The van der Waals surface area contributed by atoms with Crippen LogP contribution in [0.5, 0.6) is 0 Å². The van der Waals surface area contributed by atoms with Crippen molar-refractivity contribution in [2.24, 2.45) is 0 Å². The van der Waals surface area contributed by atoms with Gasteiger partial charge in [-0.15, -0.1) is 0 Å². The molecule has 1 amide bonds. The third-order valence-corrected chi connectivity index (χ3v) is 6.12. The number of anilines is 1. The highest BCUT2D eigenvalue weighted by molar-refractivity contribution is 7.92. The fraction of sp³-hybridized carbons (Fsp3) is 0.0870. The van der Waals surface area contributed by atoms with Crippen molar-refractivity contribution in [3.63, 3.8) is 0 Å². The molecule has 0 radical (unpaired) electrons. The first-order valence-electron chi connectivity index (χ1n) is 9.88. The Labute approximate surface area is 188 Å². The van der Waals surface area contributed by atoms with Gasteiger partial charge in [0.25, 0.3) is 15.6 Å². The SMILES string of the molecule is CC(=O)Nc1ccc(S(=O)(=O)Nn2c(Cc3ccccc3)nc3ccc(F)cc3c2=O)cc1. The molecule has 0 unspecified atom stereocenters. The van der Waals surface area contributed by atoms with Gasteiger partial charge < -0.3 is 5.32 Å². The number of hydrogen-bond acceptors (Lipinski definition) is 5. The second-order valence-corrected chi connectivity index (χ2v) is 8.95. The van der Waals surface area contributed by atoms with Gasteiger partial charge in [0.05, 0.1) is 15.8 Å². The molecule has 0 bridgehead atoms. The van der Waals surface area contributed by atoms with Gasteiger partial charge in [-0.1, -0.05) is 30.3 Å². The van der Waals surface area contributed by atoms with Crippen molar-refractivity contribution < 1.29 is 17.6 Å². The van der Waals surface area contributed by atoms with Gasteiger partial charge in [-0.25, -0.2) is 14.2 Å². The predicted octanol–water partition coefficient (Wildman–Crippen LogP) is 3.02. The van der Waals surface area contributed by atoms with E-state index in [4.69, 9.17) is 0 Å². The third kappa shape index (κ3) is 4.90. The lowest BCUT2D eigenvalue weighted by atomic mass is 10.1. The smallest absolute Gasteiger partial charge is 0.280 e. The van der Waals surface area contributed by atoms with E-state index in [1.165, 1.54) is 43.3 Å². The molecular formula is C23H19FN4O4S. The van der Waals surface area contributed by atoms with Gasteiger partial charge in [-0.2, -0.15) is 13.1 Å². The van der Waals surface area contributed by atoms with Gasteiger partial charge in [-0.05, 0) is 48.0 Å². The summed E-state index contributed by atoms with van der Waals surface area (Å²) in [6.07, 6.45) is 0.160. The second-order valence-electron chi connectivity index (χ2n) is 7.29. The highest BCUT2D eigenvalue weighted by Crippen LogP contribution is 2.17. The van der Waals surface area contributed by atoms with Crippen LogP contribution in [0.15, 0.2) is 82.5 Å². The first kappa shape index (κ1) is 22.2. The van der Waals surface area contributed by atoms with Crippen molar-refractivity contribution in [2.75, 3.05) is 10.1 Å². The van der Waals surface area contributed by atoms with Crippen molar-refractivity contribution in [1.82, 2.24) is 9.66 Å². The van der Waals surface area contributed by atoms with Crippen LogP contribution in [0.2, 0.25) is 0 Å². The fourth-order valence-corrected chi connectivity index (χ4v) is 4.32. The van der Waals surface area contributed by atoms with E-state index in [9.17, 15) is 22.4 Å². The van der Waals surface area contributed by atoms with Crippen LogP contribution in [-0.4, -0.2) is 24.0 Å². The zero-order valence-electron chi connectivity index (χ0n) is 17.4. The minimum Gasteiger partial charge on any atom is -0.326 e. The molecule has 8 nitrogen and oxygen atoms in total. The summed E-state index contributed by atoms with van der Waals surface area (Å²) in [6.45, 7) is 1.34. The molecule has 1 aromatic heterocycles. The molecular weight excluding hydrogens is 447 g/mol. The van der Waals surface area contributed by atoms with E-state index in [0.717, 1.165) is 16.3 Å². The molecule has 10 heteroatoms. The lowest BCUT2D eigenvalue weighted by molar-refractivity contribution is -0.114. The van der Waals surface area contributed by atoms with Crippen molar-refractivity contribution in [2.45, 2.75) is 18.2 Å². The zero-order chi connectivity index (χ0) is 23.6. The number of hydrogen-bond donors (Lipinski definition) is 2. The number of rotatable bonds is 6. The predicted molar refractivity (Wildman–Crippen MR) is 123 cm³/mol. The maximum Gasteiger partial charge on any atom is 0.280 e. The maximum atomic E-state index is 13.8. The number of carbonyl (C=O) groups is 1. The summed E-state index contributed by atoms with van der Waals surface area (Å²) in [7, 11) is -4.21. The molecule has 168 valence electrons. The molecule has 4 aromatic rings. The number of aromatic nitrogens is 2. The molecule has 0 aliphatic rings. The molecule has 3 aromatic carbocycles. The van der Waals surface area contributed by atoms with Crippen molar-refractivity contribution >= 4 is 32.5 Å². The van der Waals surface area contributed by atoms with E-state index in [-0.39, 0.29) is 34.0 Å². The highest BCUT2D eigenvalue weighted by Gasteiger charge is 2.20. The molecule has 0 aliphatic heterocycles. The summed E-state index contributed by atoms with van der Waals surface area (Å²) in [6, 6.07) is 18.1. The fourth-order valence-electron chi connectivity index (χ4n) is 3.29. The Morgan fingerprint density at radius 1 is 1.03 bits per heavy atom. The average Bonchev–Trinajstić information content (AvgIpc) is 2.78. The number of nitrogens with one attached hydrogen (secondary N) is 2. The van der Waals surface area contributed by atoms with Crippen LogP contribution in [0, 0.1) is 5.82 Å². The molecule has 4 rings (SSSR count). The van der Waals surface area contributed by atoms with Gasteiger partial charge in [0.2, 0.25) is 5.91 Å². The number of fused-ring (bicyclic) bond motifs is 1. The first-order chi connectivity index (χ1) is 15.7. The molecule has 0 saturated carbocycles. The topological polar surface area (TPSA) is 110 Å². The highest BCUT2D eigenvalue weighted by atomic mass is 32.2. The van der Waals surface area contributed by atoms with Crippen LogP contribution >= 0.6 is 0 Å². The Morgan fingerprint density at radius 2 is 1.73 bits per heavy atom. The number of amides is 1. The van der Waals surface area contributed by atoms with Crippen LogP contribution in [0.1, 0.15) is 18.3 Å². The summed E-state index contributed by atoms with van der Waals surface area (Å²) < 4.78 is 40.7. The number of nitrogens with zero attached hydrogens (tertiary/aromatic N) is 2. The van der Waals surface area contributed by atoms with Crippen molar-refractivity contribution in [3.05, 3.63) is 100 Å². The van der Waals surface area contributed by atoms with E-state index in [1.807, 2.05) is 30.3 Å². The average molecular weight is 466 g/mol. The van der Waals surface area contributed by atoms with E-state index in [2.05, 4.69) is 15.1 Å².